The number of hydrogen-bond donors (Lipinski definition) is 1. The molecule has 8 heteroatoms. The predicted octanol–water partition coefficient (Wildman–Crippen LogP) is 4.94. The zero-order valence-electron chi connectivity index (χ0n) is 20.1. The highest BCUT2D eigenvalue weighted by molar-refractivity contribution is 6.09. The van der Waals surface area contributed by atoms with Crippen molar-refractivity contribution in [1.82, 2.24) is 9.78 Å². The second-order valence-corrected chi connectivity index (χ2v) is 8.39. The molecule has 1 N–H and O–H groups in total. The minimum absolute atomic E-state index is 0.0926. The average molecular weight is 483 g/mol. The first kappa shape index (κ1) is 23.2. The van der Waals surface area contributed by atoms with Gasteiger partial charge in [0.05, 0.1) is 25.5 Å². The molecule has 8 nitrogen and oxygen atoms in total. The SMILES string of the molecule is COc1ccc(OC)c(-c2nn(-c3ccccc3)cc2C(=O)Nc2cccc(N3CCCC3=O)c2)c1. The fraction of sp³-hybridized carbons (Fsp3) is 0.179. The van der Waals surface area contributed by atoms with Gasteiger partial charge in [-0.2, -0.15) is 5.10 Å². The maximum Gasteiger partial charge on any atom is 0.259 e. The molecule has 2 heterocycles. The summed E-state index contributed by atoms with van der Waals surface area (Å²) in [4.78, 5) is 27.5. The number of carbonyl (C=O) groups is 2. The summed E-state index contributed by atoms with van der Waals surface area (Å²) in [6.45, 7) is 0.680. The Morgan fingerprint density at radius 3 is 2.47 bits per heavy atom. The van der Waals surface area contributed by atoms with Gasteiger partial charge < -0.3 is 19.7 Å². The van der Waals surface area contributed by atoms with E-state index in [2.05, 4.69) is 5.32 Å². The molecule has 0 radical (unpaired) electrons. The largest absolute Gasteiger partial charge is 0.497 e. The van der Waals surface area contributed by atoms with Gasteiger partial charge in [0.2, 0.25) is 5.91 Å². The summed E-state index contributed by atoms with van der Waals surface area (Å²) in [5, 5.41) is 7.73. The van der Waals surface area contributed by atoms with E-state index >= 15 is 0 Å². The van der Waals surface area contributed by atoms with E-state index in [1.807, 2.05) is 48.5 Å². The fourth-order valence-corrected chi connectivity index (χ4v) is 4.32. The molecule has 0 unspecified atom stereocenters. The van der Waals surface area contributed by atoms with Crippen LogP contribution in [0.1, 0.15) is 23.2 Å². The standard InChI is InChI=1S/C28H26N4O4/c1-35-22-13-14-25(36-2)23(17-22)27-24(18-32(30-27)20-9-4-3-5-10-20)28(34)29-19-8-6-11-21(16-19)31-15-7-12-26(31)33/h3-6,8-11,13-14,16-18H,7,12,15H2,1-2H3,(H,29,34). The Labute approximate surface area is 209 Å². The van der Waals surface area contributed by atoms with Crippen molar-refractivity contribution in [3.63, 3.8) is 0 Å². The molecule has 3 aromatic carbocycles. The maximum atomic E-state index is 13.6. The molecule has 0 bridgehead atoms. The Hall–Kier alpha value is -4.59. The van der Waals surface area contributed by atoms with Gasteiger partial charge in [0, 0.05) is 36.1 Å². The number of para-hydroxylation sites is 1. The number of ether oxygens (including phenoxy) is 2. The lowest BCUT2D eigenvalue weighted by atomic mass is 10.1. The van der Waals surface area contributed by atoms with E-state index in [0.717, 1.165) is 17.8 Å². The van der Waals surface area contributed by atoms with Gasteiger partial charge in [0.25, 0.3) is 5.91 Å². The number of anilines is 2. The first-order valence-corrected chi connectivity index (χ1v) is 11.7. The Morgan fingerprint density at radius 2 is 1.75 bits per heavy atom. The van der Waals surface area contributed by atoms with Crippen LogP contribution in [0.15, 0.2) is 79.0 Å². The minimum atomic E-state index is -0.332. The van der Waals surface area contributed by atoms with Crippen LogP contribution in [0, 0.1) is 0 Å². The number of amides is 2. The van der Waals surface area contributed by atoms with Crippen molar-refractivity contribution in [2.45, 2.75) is 12.8 Å². The summed E-state index contributed by atoms with van der Waals surface area (Å²) >= 11 is 0. The van der Waals surface area contributed by atoms with E-state index < -0.39 is 0 Å². The van der Waals surface area contributed by atoms with Gasteiger partial charge >= 0.3 is 0 Å². The quantitative estimate of drug-likeness (QED) is 0.404. The maximum absolute atomic E-state index is 13.6. The molecule has 1 aliphatic rings. The lowest BCUT2D eigenvalue weighted by Crippen LogP contribution is -2.23. The number of nitrogens with zero attached hydrogens (tertiary/aromatic N) is 3. The monoisotopic (exact) mass is 482 g/mol. The van der Waals surface area contributed by atoms with Crippen LogP contribution in [0.4, 0.5) is 11.4 Å². The zero-order chi connectivity index (χ0) is 25.1. The molecule has 1 fully saturated rings. The van der Waals surface area contributed by atoms with Crippen molar-refractivity contribution < 1.29 is 19.1 Å². The normalized spacial score (nSPS) is 13.1. The van der Waals surface area contributed by atoms with Crippen molar-refractivity contribution in [2.75, 3.05) is 31.0 Å². The Kier molecular flexibility index (Phi) is 6.40. The van der Waals surface area contributed by atoms with Crippen LogP contribution in [0.5, 0.6) is 11.5 Å². The van der Waals surface area contributed by atoms with Crippen molar-refractivity contribution in [2.24, 2.45) is 0 Å². The highest BCUT2D eigenvalue weighted by Crippen LogP contribution is 2.35. The lowest BCUT2D eigenvalue weighted by molar-refractivity contribution is -0.117. The van der Waals surface area contributed by atoms with Crippen molar-refractivity contribution in [1.29, 1.82) is 0 Å². The van der Waals surface area contributed by atoms with Crippen molar-refractivity contribution in [3.8, 4) is 28.4 Å². The van der Waals surface area contributed by atoms with Crippen LogP contribution >= 0.6 is 0 Å². The van der Waals surface area contributed by atoms with Gasteiger partial charge in [-0.15, -0.1) is 0 Å². The van der Waals surface area contributed by atoms with Gasteiger partial charge in [0.1, 0.15) is 17.2 Å². The first-order chi connectivity index (χ1) is 17.6. The number of aromatic nitrogens is 2. The molecule has 36 heavy (non-hydrogen) atoms. The van der Waals surface area contributed by atoms with Crippen LogP contribution < -0.4 is 19.7 Å². The van der Waals surface area contributed by atoms with E-state index in [-0.39, 0.29) is 11.8 Å². The Balaban J connectivity index is 1.55. The third kappa shape index (κ3) is 4.53. The zero-order valence-corrected chi connectivity index (χ0v) is 20.1. The van der Waals surface area contributed by atoms with Crippen LogP contribution in [-0.4, -0.2) is 42.4 Å². The topological polar surface area (TPSA) is 85.7 Å². The van der Waals surface area contributed by atoms with Gasteiger partial charge in [-0.3, -0.25) is 9.59 Å². The van der Waals surface area contributed by atoms with E-state index in [1.165, 1.54) is 0 Å². The minimum Gasteiger partial charge on any atom is -0.497 e. The average Bonchev–Trinajstić information content (AvgIpc) is 3.56. The number of hydrogen-bond acceptors (Lipinski definition) is 5. The second-order valence-electron chi connectivity index (χ2n) is 8.39. The van der Waals surface area contributed by atoms with Crippen molar-refractivity contribution in [3.05, 3.63) is 84.6 Å². The van der Waals surface area contributed by atoms with Crippen LogP contribution in [0.25, 0.3) is 16.9 Å². The summed E-state index contributed by atoms with van der Waals surface area (Å²) < 4.78 is 12.7. The molecule has 4 aromatic rings. The smallest absolute Gasteiger partial charge is 0.259 e. The molecule has 0 aliphatic carbocycles. The van der Waals surface area contributed by atoms with Gasteiger partial charge in [-0.05, 0) is 55.0 Å². The second kappa shape index (κ2) is 9.95. The Morgan fingerprint density at radius 1 is 0.944 bits per heavy atom. The summed E-state index contributed by atoms with van der Waals surface area (Å²) in [5.74, 6) is 0.948. The molecular formula is C28H26N4O4. The van der Waals surface area contributed by atoms with Crippen molar-refractivity contribution >= 4 is 23.2 Å². The van der Waals surface area contributed by atoms with Crippen LogP contribution in [-0.2, 0) is 4.79 Å². The number of rotatable bonds is 7. The third-order valence-corrected chi connectivity index (χ3v) is 6.13. The summed E-state index contributed by atoms with van der Waals surface area (Å²) in [6, 6.07) is 22.3. The molecule has 0 atom stereocenters. The van der Waals surface area contributed by atoms with Crippen LogP contribution in [0.3, 0.4) is 0 Å². The summed E-state index contributed by atoms with van der Waals surface area (Å²) in [6.07, 6.45) is 3.08. The van der Waals surface area contributed by atoms with E-state index in [0.29, 0.717) is 47.0 Å². The molecule has 5 rings (SSSR count). The molecule has 0 spiro atoms. The van der Waals surface area contributed by atoms with Gasteiger partial charge in [-0.25, -0.2) is 4.68 Å². The van der Waals surface area contributed by atoms with Gasteiger partial charge in [-0.1, -0.05) is 24.3 Å². The highest BCUT2D eigenvalue weighted by Gasteiger charge is 2.24. The number of methoxy groups -OCH3 is 2. The number of benzene rings is 3. The molecule has 182 valence electrons. The fourth-order valence-electron chi connectivity index (χ4n) is 4.32. The number of nitrogens with one attached hydrogen (secondary N) is 1. The highest BCUT2D eigenvalue weighted by atomic mass is 16.5. The molecule has 1 aliphatic heterocycles. The van der Waals surface area contributed by atoms with E-state index in [4.69, 9.17) is 14.6 Å². The molecule has 1 saturated heterocycles. The number of carbonyl (C=O) groups excluding carboxylic acids is 2. The molecular weight excluding hydrogens is 456 g/mol. The molecule has 1 aromatic heterocycles. The van der Waals surface area contributed by atoms with Gasteiger partial charge in [0.15, 0.2) is 0 Å². The molecule has 0 saturated carbocycles. The third-order valence-electron chi connectivity index (χ3n) is 6.13. The van der Waals surface area contributed by atoms with Crippen LogP contribution in [0.2, 0.25) is 0 Å². The molecule has 2 amide bonds. The lowest BCUT2D eigenvalue weighted by Gasteiger charge is -2.17. The van der Waals surface area contributed by atoms with E-state index in [1.54, 1.807) is 54.3 Å². The van der Waals surface area contributed by atoms with E-state index in [9.17, 15) is 9.59 Å². The Bertz CT molecular complexity index is 1410. The first-order valence-electron chi connectivity index (χ1n) is 11.7. The predicted molar refractivity (Wildman–Crippen MR) is 138 cm³/mol. The summed E-state index contributed by atoms with van der Waals surface area (Å²) in [5.41, 5.74) is 3.63. The summed E-state index contributed by atoms with van der Waals surface area (Å²) in [7, 11) is 3.16.